The SMILES string of the molecule is COCCNCc1ccc(Sc2nc(C)cs2)cc1C. The topological polar surface area (TPSA) is 34.1 Å². The zero-order valence-corrected chi connectivity index (χ0v) is 13.7. The second-order valence-electron chi connectivity index (χ2n) is 4.61. The Kier molecular flexibility index (Phi) is 6.04. The molecule has 20 heavy (non-hydrogen) atoms. The average Bonchev–Trinajstić information content (AvgIpc) is 2.82. The smallest absolute Gasteiger partial charge is 0.154 e. The molecule has 3 nitrogen and oxygen atoms in total. The largest absolute Gasteiger partial charge is 0.383 e. The van der Waals surface area contributed by atoms with Gasteiger partial charge in [-0.25, -0.2) is 4.98 Å². The van der Waals surface area contributed by atoms with Gasteiger partial charge < -0.3 is 10.1 Å². The lowest BCUT2D eigenvalue weighted by molar-refractivity contribution is 0.199. The molecule has 0 saturated heterocycles. The Balaban J connectivity index is 1.94. The van der Waals surface area contributed by atoms with E-state index >= 15 is 0 Å². The Hall–Kier alpha value is -0.880. The van der Waals surface area contributed by atoms with Gasteiger partial charge in [-0.15, -0.1) is 11.3 Å². The number of ether oxygens (including phenoxy) is 1. The van der Waals surface area contributed by atoms with Crippen molar-refractivity contribution in [2.24, 2.45) is 0 Å². The number of nitrogens with zero attached hydrogens (tertiary/aromatic N) is 1. The van der Waals surface area contributed by atoms with Crippen molar-refractivity contribution < 1.29 is 4.74 Å². The molecule has 2 rings (SSSR count). The van der Waals surface area contributed by atoms with Crippen molar-refractivity contribution in [3.63, 3.8) is 0 Å². The molecule has 0 saturated carbocycles. The van der Waals surface area contributed by atoms with Crippen molar-refractivity contribution in [2.45, 2.75) is 29.6 Å². The first-order chi connectivity index (χ1) is 9.69. The Morgan fingerprint density at radius 2 is 2.20 bits per heavy atom. The zero-order valence-electron chi connectivity index (χ0n) is 12.1. The van der Waals surface area contributed by atoms with Crippen LogP contribution in [0.4, 0.5) is 0 Å². The predicted octanol–water partition coefficient (Wildman–Crippen LogP) is 3.65. The van der Waals surface area contributed by atoms with Crippen LogP contribution in [0.1, 0.15) is 16.8 Å². The Morgan fingerprint density at radius 1 is 1.35 bits per heavy atom. The molecule has 0 aliphatic rings. The van der Waals surface area contributed by atoms with Gasteiger partial charge in [-0.2, -0.15) is 0 Å². The highest BCUT2D eigenvalue weighted by atomic mass is 32.2. The third-order valence-corrected chi connectivity index (χ3v) is 4.96. The van der Waals surface area contributed by atoms with Crippen LogP contribution < -0.4 is 5.32 Å². The third kappa shape index (κ3) is 4.59. The van der Waals surface area contributed by atoms with Gasteiger partial charge in [0.2, 0.25) is 0 Å². The lowest BCUT2D eigenvalue weighted by Gasteiger charge is -2.09. The minimum atomic E-state index is 0.746. The van der Waals surface area contributed by atoms with Gasteiger partial charge in [0, 0.05) is 36.2 Å². The van der Waals surface area contributed by atoms with E-state index in [0.717, 1.165) is 29.7 Å². The van der Waals surface area contributed by atoms with Gasteiger partial charge >= 0.3 is 0 Å². The van der Waals surface area contributed by atoms with Gasteiger partial charge in [0.25, 0.3) is 0 Å². The van der Waals surface area contributed by atoms with Crippen LogP contribution in [-0.2, 0) is 11.3 Å². The molecule has 0 amide bonds. The normalized spacial score (nSPS) is 10.9. The van der Waals surface area contributed by atoms with Crippen LogP contribution in [0.5, 0.6) is 0 Å². The maximum Gasteiger partial charge on any atom is 0.154 e. The highest BCUT2D eigenvalue weighted by molar-refractivity contribution is 8.01. The van der Waals surface area contributed by atoms with Gasteiger partial charge in [-0.05, 0) is 37.1 Å². The van der Waals surface area contributed by atoms with E-state index in [1.165, 1.54) is 16.0 Å². The van der Waals surface area contributed by atoms with Gasteiger partial charge in [0.15, 0.2) is 4.34 Å². The Bertz CT molecular complexity index is 555. The monoisotopic (exact) mass is 308 g/mol. The summed E-state index contributed by atoms with van der Waals surface area (Å²) in [7, 11) is 1.72. The van der Waals surface area contributed by atoms with Crippen LogP contribution in [0.3, 0.4) is 0 Å². The van der Waals surface area contributed by atoms with Crippen LogP contribution >= 0.6 is 23.1 Å². The molecule has 0 fully saturated rings. The zero-order chi connectivity index (χ0) is 14.4. The van der Waals surface area contributed by atoms with E-state index in [2.05, 4.69) is 40.8 Å². The number of methoxy groups -OCH3 is 1. The highest BCUT2D eigenvalue weighted by Crippen LogP contribution is 2.31. The summed E-state index contributed by atoms with van der Waals surface area (Å²) in [6.07, 6.45) is 0. The van der Waals surface area contributed by atoms with Crippen molar-refractivity contribution in [2.75, 3.05) is 20.3 Å². The molecule has 1 N–H and O–H groups in total. The molecule has 0 radical (unpaired) electrons. The van der Waals surface area contributed by atoms with Crippen LogP contribution in [0.25, 0.3) is 0 Å². The molecule has 0 aliphatic carbocycles. The summed E-state index contributed by atoms with van der Waals surface area (Å²) in [6, 6.07) is 6.59. The second kappa shape index (κ2) is 7.78. The Morgan fingerprint density at radius 3 is 2.85 bits per heavy atom. The molecular weight excluding hydrogens is 288 g/mol. The summed E-state index contributed by atoms with van der Waals surface area (Å²) >= 11 is 3.43. The van der Waals surface area contributed by atoms with Crippen molar-refractivity contribution >= 4 is 23.1 Å². The van der Waals surface area contributed by atoms with E-state index in [1.54, 1.807) is 30.2 Å². The first kappa shape index (κ1) is 15.5. The van der Waals surface area contributed by atoms with E-state index in [-0.39, 0.29) is 0 Å². The fourth-order valence-electron chi connectivity index (χ4n) is 1.81. The molecular formula is C15H20N2OS2. The maximum atomic E-state index is 5.03. The van der Waals surface area contributed by atoms with E-state index in [9.17, 15) is 0 Å². The number of aromatic nitrogens is 1. The quantitative estimate of drug-likeness (QED) is 0.792. The first-order valence-electron chi connectivity index (χ1n) is 6.58. The number of nitrogens with one attached hydrogen (secondary N) is 1. The van der Waals surface area contributed by atoms with Gasteiger partial charge in [0.05, 0.1) is 6.61 Å². The highest BCUT2D eigenvalue weighted by Gasteiger charge is 2.04. The fraction of sp³-hybridized carbons (Fsp3) is 0.400. The number of hydrogen-bond acceptors (Lipinski definition) is 5. The standard InChI is InChI=1S/C15H20N2OS2/c1-11-8-14(20-15-17-12(2)10-19-15)5-4-13(11)9-16-6-7-18-3/h4-5,8,10,16H,6-7,9H2,1-3H3. The van der Waals surface area contributed by atoms with Crippen LogP contribution in [-0.4, -0.2) is 25.2 Å². The average molecular weight is 308 g/mol. The molecule has 0 bridgehead atoms. The van der Waals surface area contributed by atoms with Crippen LogP contribution in [0.2, 0.25) is 0 Å². The van der Waals surface area contributed by atoms with E-state index in [1.807, 2.05) is 6.92 Å². The van der Waals surface area contributed by atoms with Crippen molar-refractivity contribution in [3.8, 4) is 0 Å². The summed E-state index contributed by atoms with van der Waals surface area (Å²) in [5.41, 5.74) is 3.74. The number of hydrogen-bond donors (Lipinski definition) is 1. The first-order valence-corrected chi connectivity index (χ1v) is 8.28. The number of rotatable bonds is 7. The van der Waals surface area contributed by atoms with E-state index < -0.39 is 0 Å². The molecule has 1 aromatic heterocycles. The second-order valence-corrected chi connectivity index (χ2v) is 6.79. The molecule has 0 aliphatic heterocycles. The lowest BCUT2D eigenvalue weighted by atomic mass is 10.1. The lowest BCUT2D eigenvalue weighted by Crippen LogP contribution is -2.19. The molecule has 0 atom stereocenters. The number of thiazole rings is 1. The Labute approximate surface area is 128 Å². The van der Waals surface area contributed by atoms with Crippen LogP contribution in [0, 0.1) is 13.8 Å². The summed E-state index contributed by atoms with van der Waals surface area (Å²) in [5, 5.41) is 5.46. The van der Waals surface area contributed by atoms with Gasteiger partial charge in [-0.3, -0.25) is 0 Å². The predicted molar refractivity (Wildman–Crippen MR) is 85.7 cm³/mol. The molecule has 2 aromatic rings. The number of benzene rings is 1. The maximum absolute atomic E-state index is 5.03. The molecule has 0 unspecified atom stereocenters. The summed E-state index contributed by atoms with van der Waals surface area (Å²) in [5.74, 6) is 0. The van der Waals surface area contributed by atoms with Crippen molar-refractivity contribution in [3.05, 3.63) is 40.4 Å². The van der Waals surface area contributed by atoms with E-state index in [4.69, 9.17) is 4.74 Å². The molecule has 108 valence electrons. The fourth-order valence-corrected chi connectivity index (χ4v) is 3.72. The van der Waals surface area contributed by atoms with E-state index in [0.29, 0.717) is 0 Å². The summed E-state index contributed by atoms with van der Waals surface area (Å²) in [4.78, 5) is 5.73. The molecule has 1 aromatic carbocycles. The van der Waals surface area contributed by atoms with Crippen molar-refractivity contribution in [1.82, 2.24) is 10.3 Å². The molecule has 5 heteroatoms. The minimum absolute atomic E-state index is 0.746. The summed E-state index contributed by atoms with van der Waals surface area (Å²) in [6.45, 7) is 6.70. The van der Waals surface area contributed by atoms with Crippen LogP contribution in [0.15, 0.2) is 32.8 Å². The third-order valence-electron chi connectivity index (χ3n) is 2.92. The number of aryl methyl sites for hydroxylation is 2. The minimum Gasteiger partial charge on any atom is -0.383 e. The summed E-state index contributed by atoms with van der Waals surface area (Å²) < 4.78 is 6.13. The molecule has 0 spiro atoms. The van der Waals surface area contributed by atoms with Gasteiger partial charge in [-0.1, -0.05) is 17.8 Å². The van der Waals surface area contributed by atoms with Crippen molar-refractivity contribution in [1.29, 1.82) is 0 Å². The molecule has 1 heterocycles. The van der Waals surface area contributed by atoms with Gasteiger partial charge in [0.1, 0.15) is 0 Å².